The van der Waals surface area contributed by atoms with Crippen LogP contribution in [0.15, 0.2) is 0 Å². The van der Waals surface area contributed by atoms with E-state index in [-0.39, 0.29) is 5.91 Å². The molecule has 1 amide bonds. The van der Waals surface area contributed by atoms with Gasteiger partial charge in [-0.2, -0.15) is 0 Å². The fourth-order valence-electron chi connectivity index (χ4n) is 1.62. The van der Waals surface area contributed by atoms with E-state index in [1.165, 1.54) is 32.1 Å². The Balaban J connectivity index is 3.78. The number of nitrogens with two attached hydrogens (primary N) is 1. The zero-order chi connectivity index (χ0) is 14.2. The lowest BCUT2D eigenvalue weighted by atomic mass is 9.74. The number of rotatable bonds is 9. The summed E-state index contributed by atoms with van der Waals surface area (Å²) in [5, 5.41) is 3.00. The van der Waals surface area contributed by atoms with Gasteiger partial charge in [0.25, 0.3) is 0 Å². The standard InChI is InChI=1S/C15H32N2O/c1-6-7-8-9-10-11-12-17-13(18)14(2,3)15(4,5)16/h6-12,16H2,1-5H3,(H,17,18). The third-order valence-corrected chi connectivity index (χ3v) is 3.99. The second-order valence-electron chi connectivity index (χ2n) is 6.37. The number of hydrogen-bond donors (Lipinski definition) is 2. The SMILES string of the molecule is CCCCCCCCNC(=O)C(C)(C)C(C)(C)N. The van der Waals surface area contributed by atoms with Crippen molar-refractivity contribution in [2.75, 3.05) is 6.54 Å². The Morgan fingerprint density at radius 1 is 1.00 bits per heavy atom. The fraction of sp³-hybridized carbons (Fsp3) is 0.933. The average Bonchev–Trinajstić information content (AvgIpc) is 2.26. The number of amides is 1. The first kappa shape index (κ1) is 17.4. The molecule has 3 heteroatoms. The lowest BCUT2D eigenvalue weighted by molar-refractivity contribution is -0.132. The van der Waals surface area contributed by atoms with E-state index in [1.54, 1.807) is 0 Å². The van der Waals surface area contributed by atoms with Gasteiger partial charge < -0.3 is 11.1 Å². The molecular formula is C15H32N2O. The van der Waals surface area contributed by atoms with Crippen molar-refractivity contribution in [2.24, 2.45) is 11.1 Å². The molecule has 18 heavy (non-hydrogen) atoms. The molecule has 0 saturated heterocycles. The Labute approximate surface area is 113 Å². The second-order valence-corrected chi connectivity index (χ2v) is 6.37. The van der Waals surface area contributed by atoms with E-state index in [4.69, 9.17) is 5.73 Å². The van der Waals surface area contributed by atoms with Crippen LogP contribution >= 0.6 is 0 Å². The predicted octanol–water partition coefficient (Wildman–Crippen LogP) is 3.23. The van der Waals surface area contributed by atoms with E-state index in [9.17, 15) is 4.79 Å². The first-order valence-electron chi connectivity index (χ1n) is 7.30. The van der Waals surface area contributed by atoms with Crippen molar-refractivity contribution in [1.29, 1.82) is 0 Å². The number of carbonyl (C=O) groups is 1. The molecule has 0 radical (unpaired) electrons. The fourth-order valence-corrected chi connectivity index (χ4v) is 1.62. The van der Waals surface area contributed by atoms with Crippen LogP contribution in [0.3, 0.4) is 0 Å². The molecular weight excluding hydrogens is 224 g/mol. The Morgan fingerprint density at radius 2 is 1.50 bits per heavy atom. The molecule has 3 nitrogen and oxygen atoms in total. The normalized spacial score (nSPS) is 12.6. The van der Waals surface area contributed by atoms with Crippen molar-refractivity contribution in [3.63, 3.8) is 0 Å². The minimum Gasteiger partial charge on any atom is -0.356 e. The van der Waals surface area contributed by atoms with Crippen LogP contribution < -0.4 is 11.1 Å². The second kappa shape index (κ2) is 7.78. The molecule has 0 fully saturated rings. The topological polar surface area (TPSA) is 55.1 Å². The maximum Gasteiger partial charge on any atom is 0.227 e. The maximum absolute atomic E-state index is 12.1. The van der Waals surface area contributed by atoms with Crippen molar-refractivity contribution in [2.45, 2.75) is 78.7 Å². The summed E-state index contributed by atoms with van der Waals surface area (Å²) in [5.74, 6) is 0.0589. The summed E-state index contributed by atoms with van der Waals surface area (Å²) >= 11 is 0. The summed E-state index contributed by atoms with van der Waals surface area (Å²) in [6.07, 6.45) is 7.45. The Morgan fingerprint density at radius 3 is 2.00 bits per heavy atom. The highest BCUT2D eigenvalue weighted by molar-refractivity contribution is 5.83. The van der Waals surface area contributed by atoms with Crippen LogP contribution in [0, 0.1) is 5.41 Å². The van der Waals surface area contributed by atoms with E-state index in [1.807, 2.05) is 27.7 Å². The largest absolute Gasteiger partial charge is 0.356 e. The van der Waals surface area contributed by atoms with Gasteiger partial charge in [0.15, 0.2) is 0 Å². The van der Waals surface area contributed by atoms with Crippen molar-refractivity contribution < 1.29 is 4.79 Å². The van der Waals surface area contributed by atoms with E-state index < -0.39 is 11.0 Å². The minimum absolute atomic E-state index is 0.0589. The van der Waals surface area contributed by atoms with Crippen LogP contribution in [-0.2, 0) is 4.79 Å². The molecule has 0 heterocycles. The molecule has 3 N–H and O–H groups in total. The molecule has 0 aromatic heterocycles. The predicted molar refractivity (Wildman–Crippen MR) is 78.4 cm³/mol. The molecule has 0 aliphatic heterocycles. The summed E-state index contributed by atoms with van der Waals surface area (Å²) in [4.78, 5) is 12.1. The highest BCUT2D eigenvalue weighted by Crippen LogP contribution is 2.28. The monoisotopic (exact) mass is 256 g/mol. The molecule has 0 aromatic rings. The van der Waals surface area contributed by atoms with Gasteiger partial charge in [-0.25, -0.2) is 0 Å². The molecule has 108 valence electrons. The van der Waals surface area contributed by atoms with Gasteiger partial charge in [-0.3, -0.25) is 4.79 Å². The summed E-state index contributed by atoms with van der Waals surface area (Å²) in [7, 11) is 0. The summed E-state index contributed by atoms with van der Waals surface area (Å²) < 4.78 is 0. The minimum atomic E-state index is -0.533. The average molecular weight is 256 g/mol. The van der Waals surface area contributed by atoms with E-state index in [0.29, 0.717) is 0 Å². The Bertz CT molecular complexity index is 241. The quantitative estimate of drug-likeness (QED) is 0.622. The summed E-state index contributed by atoms with van der Waals surface area (Å²) in [5.41, 5.74) is 5.00. The first-order chi connectivity index (χ1) is 8.23. The lowest BCUT2D eigenvalue weighted by Crippen LogP contribution is -2.55. The van der Waals surface area contributed by atoms with Gasteiger partial charge >= 0.3 is 0 Å². The van der Waals surface area contributed by atoms with E-state index >= 15 is 0 Å². The summed E-state index contributed by atoms with van der Waals surface area (Å²) in [6, 6.07) is 0. The highest BCUT2D eigenvalue weighted by atomic mass is 16.2. The zero-order valence-electron chi connectivity index (χ0n) is 12.9. The van der Waals surface area contributed by atoms with Crippen LogP contribution in [-0.4, -0.2) is 18.0 Å². The molecule has 0 atom stereocenters. The first-order valence-corrected chi connectivity index (χ1v) is 7.30. The summed E-state index contributed by atoms with van der Waals surface area (Å²) in [6.45, 7) is 10.6. The molecule has 0 aliphatic rings. The van der Waals surface area contributed by atoms with Gasteiger partial charge in [0.05, 0.1) is 5.41 Å². The molecule has 0 saturated carbocycles. The number of nitrogens with one attached hydrogen (secondary N) is 1. The molecule has 0 aliphatic carbocycles. The van der Waals surface area contributed by atoms with Gasteiger partial charge in [-0.05, 0) is 34.1 Å². The van der Waals surface area contributed by atoms with Gasteiger partial charge in [0.2, 0.25) is 5.91 Å². The van der Waals surface area contributed by atoms with E-state index in [2.05, 4.69) is 12.2 Å². The Kier molecular flexibility index (Phi) is 7.53. The Hall–Kier alpha value is -0.570. The third-order valence-electron chi connectivity index (χ3n) is 3.99. The van der Waals surface area contributed by atoms with Gasteiger partial charge in [0.1, 0.15) is 0 Å². The third kappa shape index (κ3) is 5.85. The van der Waals surface area contributed by atoms with Crippen molar-refractivity contribution in [3.8, 4) is 0 Å². The van der Waals surface area contributed by atoms with Gasteiger partial charge in [0, 0.05) is 12.1 Å². The zero-order valence-corrected chi connectivity index (χ0v) is 12.9. The lowest BCUT2D eigenvalue weighted by Gasteiger charge is -2.36. The van der Waals surface area contributed by atoms with E-state index in [0.717, 1.165) is 13.0 Å². The van der Waals surface area contributed by atoms with Crippen LogP contribution in [0.25, 0.3) is 0 Å². The van der Waals surface area contributed by atoms with Crippen LogP contribution in [0.5, 0.6) is 0 Å². The maximum atomic E-state index is 12.1. The molecule has 0 aromatic carbocycles. The smallest absolute Gasteiger partial charge is 0.227 e. The highest BCUT2D eigenvalue weighted by Gasteiger charge is 2.39. The molecule has 0 bridgehead atoms. The number of unbranched alkanes of at least 4 members (excludes halogenated alkanes) is 5. The van der Waals surface area contributed by atoms with Gasteiger partial charge in [-0.15, -0.1) is 0 Å². The van der Waals surface area contributed by atoms with Crippen molar-refractivity contribution in [3.05, 3.63) is 0 Å². The van der Waals surface area contributed by atoms with Crippen LogP contribution in [0.4, 0.5) is 0 Å². The molecule has 0 rings (SSSR count). The number of hydrogen-bond acceptors (Lipinski definition) is 2. The molecule has 0 spiro atoms. The number of carbonyl (C=O) groups excluding carboxylic acids is 1. The molecule has 0 unspecified atom stereocenters. The van der Waals surface area contributed by atoms with Gasteiger partial charge in [-0.1, -0.05) is 39.0 Å². The van der Waals surface area contributed by atoms with Crippen molar-refractivity contribution in [1.82, 2.24) is 5.32 Å². The van der Waals surface area contributed by atoms with Crippen molar-refractivity contribution >= 4 is 5.91 Å². The van der Waals surface area contributed by atoms with Crippen LogP contribution in [0.2, 0.25) is 0 Å². The van der Waals surface area contributed by atoms with Crippen LogP contribution in [0.1, 0.15) is 73.1 Å².